The second-order valence-electron chi connectivity index (χ2n) is 3.89. The largest absolute Gasteiger partial charge is 0.494 e. The minimum absolute atomic E-state index is 0.640. The van der Waals surface area contributed by atoms with Crippen LogP contribution in [0.5, 0.6) is 5.75 Å². The van der Waals surface area contributed by atoms with Gasteiger partial charge >= 0.3 is 0 Å². The Hall–Kier alpha value is -2.23. The summed E-state index contributed by atoms with van der Waals surface area (Å²) >= 11 is 0. The lowest BCUT2D eigenvalue weighted by Crippen LogP contribution is -2.02. The maximum Gasteiger partial charge on any atom is 0.173 e. The Morgan fingerprint density at radius 3 is 2.72 bits per heavy atom. The van der Waals surface area contributed by atoms with Crippen LogP contribution >= 0.6 is 0 Å². The lowest BCUT2D eigenvalue weighted by molar-refractivity contribution is 0.416. The lowest BCUT2D eigenvalue weighted by Gasteiger charge is -2.05. The van der Waals surface area contributed by atoms with E-state index in [-0.39, 0.29) is 0 Å². The van der Waals surface area contributed by atoms with Crippen molar-refractivity contribution in [3.63, 3.8) is 0 Å². The molecule has 0 atom stereocenters. The van der Waals surface area contributed by atoms with Gasteiger partial charge in [-0.3, -0.25) is 0 Å². The molecule has 0 aliphatic rings. The van der Waals surface area contributed by atoms with Crippen LogP contribution in [-0.4, -0.2) is 22.8 Å². The molecule has 4 heteroatoms. The summed E-state index contributed by atoms with van der Waals surface area (Å²) in [6.45, 7) is 3.82. The van der Waals surface area contributed by atoms with Crippen LogP contribution in [0.25, 0.3) is 0 Å². The van der Waals surface area contributed by atoms with Crippen molar-refractivity contribution in [2.45, 2.75) is 13.8 Å². The smallest absolute Gasteiger partial charge is 0.173 e. The van der Waals surface area contributed by atoms with Crippen molar-refractivity contribution in [3.05, 3.63) is 48.0 Å². The third-order valence-electron chi connectivity index (χ3n) is 2.49. The van der Waals surface area contributed by atoms with E-state index in [0.717, 1.165) is 22.8 Å². The molecule has 2 rings (SSSR count). The van der Waals surface area contributed by atoms with Crippen molar-refractivity contribution in [2.24, 2.45) is 4.99 Å². The molecule has 0 bridgehead atoms. The van der Waals surface area contributed by atoms with E-state index in [1.165, 1.54) is 0 Å². The molecule has 0 unspecified atom stereocenters. The van der Waals surface area contributed by atoms with Gasteiger partial charge in [-0.2, -0.15) is 0 Å². The van der Waals surface area contributed by atoms with Crippen LogP contribution in [0.15, 0.2) is 41.5 Å². The molecule has 18 heavy (non-hydrogen) atoms. The second-order valence-corrected chi connectivity index (χ2v) is 3.89. The summed E-state index contributed by atoms with van der Waals surface area (Å²) in [6.07, 6.45) is 1.74. The van der Waals surface area contributed by atoms with Gasteiger partial charge in [0.05, 0.1) is 12.8 Å². The van der Waals surface area contributed by atoms with Gasteiger partial charge in [0.25, 0.3) is 0 Å². The van der Waals surface area contributed by atoms with E-state index in [2.05, 4.69) is 15.0 Å². The topological polar surface area (TPSA) is 47.4 Å². The molecule has 1 heterocycles. The maximum atomic E-state index is 5.26. The van der Waals surface area contributed by atoms with Gasteiger partial charge in [0.2, 0.25) is 0 Å². The minimum Gasteiger partial charge on any atom is -0.494 e. The van der Waals surface area contributed by atoms with E-state index in [9.17, 15) is 0 Å². The summed E-state index contributed by atoms with van der Waals surface area (Å²) in [5, 5.41) is 0. The monoisotopic (exact) mass is 241 g/mol. The predicted molar refractivity (Wildman–Crippen MR) is 71.6 cm³/mol. The fourth-order valence-electron chi connectivity index (χ4n) is 1.58. The number of ether oxygens (including phenoxy) is 1. The predicted octanol–water partition coefficient (Wildman–Crippen LogP) is 2.93. The van der Waals surface area contributed by atoms with Crippen LogP contribution in [0.1, 0.15) is 18.4 Å². The van der Waals surface area contributed by atoms with Gasteiger partial charge in [0, 0.05) is 11.9 Å². The molecule has 0 amide bonds. The summed E-state index contributed by atoms with van der Waals surface area (Å²) in [5.41, 5.74) is 2.47. The Bertz CT molecular complexity index is 579. The summed E-state index contributed by atoms with van der Waals surface area (Å²) in [6, 6.07) is 9.48. The van der Waals surface area contributed by atoms with E-state index < -0.39 is 0 Å². The number of nitrogens with zero attached hydrogens (tertiary/aromatic N) is 3. The summed E-state index contributed by atoms with van der Waals surface area (Å²) in [5.74, 6) is 1.38. The number of rotatable bonds is 3. The molecule has 0 aliphatic heterocycles. The third kappa shape index (κ3) is 2.71. The van der Waals surface area contributed by atoms with Crippen molar-refractivity contribution in [2.75, 3.05) is 7.11 Å². The molecule has 1 aromatic heterocycles. The van der Waals surface area contributed by atoms with Gasteiger partial charge in [0.1, 0.15) is 11.4 Å². The van der Waals surface area contributed by atoms with Crippen LogP contribution < -0.4 is 4.74 Å². The van der Waals surface area contributed by atoms with Crippen molar-refractivity contribution < 1.29 is 4.74 Å². The van der Waals surface area contributed by atoms with Gasteiger partial charge in [0.15, 0.2) is 5.82 Å². The maximum absolute atomic E-state index is 5.26. The number of aromatic nitrogens is 2. The van der Waals surface area contributed by atoms with Gasteiger partial charge in [-0.15, -0.1) is 0 Å². The number of para-hydroxylation sites is 2. The molecule has 0 fully saturated rings. The molecule has 0 aliphatic carbocycles. The summed E-state index contributed by atoms with van der Waals surface area (Å²) in [7, 11) is 1.63. The number of methoxy groups -OCH3 is 1. The first-order chi connectivity index (χ1) is 8.70. The zero-order valence-corrected chi connectivity index (χ0v) is 10.7. The molecule has 2 aromatic rings. The Balaban J connectivity index is 2.38. The zero-order chi connectivity index (χ0) is 13.0. The van der Waals surface area contributed by atoms with Crippen molar-refractivity contribution in [1.29, 1.82) is 0 Å². The molecule has 0 saturated heterocycles. The minimum atomic E-state index is 0.640. The van der Waals surface area contributed by atoms with E-state index in [4.69, 9.17) is 4.74 Å². The quantitative estimate of drug-likeness (QED) is 0.776. The second kappa shape index (κ2) is 5.40. The first-order valence-corrected chi connectivity index (χ1v) is 5.69. The molecule has 0 radical (unpaired) electrons. The lowest BCUT2D eigenvalue weighted by atomic mass is 10.3. The van der Waals surface area contributed by atoms with Crippen molar-refractivity contribution in [1.82, 2.24) is 9.97 Å². The Morgan fingerprint density at radius 1 is 1.22 bits per heavy atom. The molecule has 1 aromatic carbocycles. The number of aryl methyl sites for hydroxylation is 1. The van der Waals surface area contributed by atoms with Crippen molar-refractivity contribution in [3.8, 4) is 5.75 Å². The van der Waals surface area contributed by atoms with Crippen LogP contribution in [0.2, 0.25) is 0 Å². The van der Waals surface area contributed by atoms with E-state index in [1.54, 1.807) is 13.3 Å². The molecule has 0 N–H and O–H groups in total. The highest BCUT2D eigenvalue weighted by Crippen LogP contribution is 2.26. The Morgan fingerprint density at radius 2 is 2.00 bits per heavy atom. The SMILES string of the molecule is COc1ccccc1N=C(C)c1nccc(C)n1. The Kier molecular flexibility index (Phi) is 3.67. The average molecular weight is 241 g/mol. The zero-order valence-electron chi connectivity index (χ0n) is 10.7. The average Bonchev–Trinajstić information content (AvgIpc) is 2.39. The standard InChI is InChI=1S/C14H15N3O/c1-10-8-9-15-14(16-10)11(2)17-12-6-4-5-7-13(12)18-3/h4-9H,1-3H3. The fraction of sp³-hybridized carbons (Fsp3) is 0.214. The Labute approximate surface area is 106 Å². The van der Waals surface area contributed by atoms with Gasteiger partial charge in [-0.1, -0.05) is 12.1 Å². The number of benzene rings is 1. The third-order valence-corrected chi connectivity index (χ3v) is 2.49. The van der Waals surface area contributed by atoms with Gasteiger partial charge < -0.3 is 4.74 Å². The normalized spacial score (nSPS) is 11.4. The summed E-state index contributed by atoms with van der Waals surface area (Å²) < 4.78 is 5.26. The number of hydrogen-bond acceptors (Lipinski definition) is 4. The van der Waals surface area contributed by atoms with E-state index in [1.807, 2.05) is 44.2 Å². The fourth-order valence-corrected chi connectivity index (χ4v) is 1.58. The molecule has 4 nitrogen and oxygen atoms in total. The van der Waals surface area contributed by atoms with E-state index in [0.29, 0.717) is 5.82 Å². The molecule has 0 spiro atoms. The van der Waals surface area contributed by atoms with E-state index >= 15 is 0 Å². The number of aliphatic imine (C=N–C) groups is 1. The molecule has 92 valence electrons. The first kappa shape index (κ1) is 12.2. The van der Waals surface area contributed by atoms with Crippen LogP contribution in [0.4, 0.5) is 5.69 Å². The van der Waals surface area contributed by atoms with Gasteiger partial charge in [-0.05, 0) is 32.0 Å². The van der Waals surface area contributed by atoms with Crippen LogP contribution in [-0.2, 0) is 0 Å². The van der Waals surface area contributed by atoms with Crippen LogP contribution in [0, 0.1) is 6.92 Å². The first-order valence-electron chi connectivity index (χ1n) is 5.69. The highest BCUT2D eigenvalue weighted by molar-refractivity contribution is 5.97. The highest BCUT2D eigenvalue weighted by Gasteiger charge is 2.04. The molecular formula is C14H15N3O. The van der Waals surface area contributed by atoms with Gasteiger partial charge in [-0.25, -0.2) is 15.0 Å². The molecular weight excluding hydrogens is 226 g/mol. The van der Waals surface area contributed by atoms with Crippen LogP contribution in [0.3, 0.4) is 0 Å². The highest BCUT2D eigenvalue weighted by atomic mass is 16.5. The van der Waals surface area contributed by atoms with Crippen molar-refractivity contribution >= 4 is 11.4 Å². The number of hydrogen-bond donors (Lipinski definition) is 0. The summed E-state index contributed by atoms with van der Waals surface area (Å²) in [4.78, 5) is 13.1. The molecule has 0 saturated carbocycles.